The summed E-state index contributed by atoms with van der Waals surface area (Å²) in [7, 11) is 0. The lowest BCUT2D eigenvalue weighted by Gasteiger charge is -2.08. The minimum Gasteiger partial charge on any atom is -0.332 e. The molecule has 0 radical (unpaired) electrons. The van der Waals surface area contributed by atoms with Gasteiger partial charge in [-0.1, -0.05) is 11.2 Å². The molecule has 25 heavy (non-hydrogen) atoms. The summed E-state index contributed by atoms with van der Waals surface area (Å²) in [6.07, 6.45) is -0.847. The van der Waals surface area contributed by atoms with E-state index in [2.05, 4.69) is 20.6 Å². The Morgan fingerprint density at radius 2 is 2.12 bits per heavy atom. The summed E-state index contributed by atoms with van der Waals surface area (Å²) in [5, 5.41) is 11.5. The van der Waals surface area contributed by atoms with Gasteiger partial charge in [-0.3, -0.25) is 0 Å². The van der Waals surface area contributed by atoms with Crippen molar-refractivity contribution >= 4 is 0 Å². The van der Waals surface area contributed by atoms with E-state index >= 15 is 0 Å². The molecular formula is C16H14F3N5O. The van der Waals surface area contributed by atoms with E-state index in [4.69, 9.17) is 4.52 Å². The van der Waals surface area contributed by atoms with Gasteiger partial charge in [0.05, 0.1) is 17.3 Å². The maximum atomic E-state index is 12.8. The fourth-order valence-electron chi connectivity index (χ4n) is 2.79. The SMILES string of the molecule is FC(F)(F)c1cccc(-n2ccc(-c3nc(C4CCCN4)no3)n2)c1. The van der Waals surface area contributed by atoms with Crippen LogP contribution in [0.4, 0.5) is 13.2 Å². The highest BCUT2D eigenvalue weighted by molar-refractivity contribution is 5.47. The molecule has 2 aromatic heterocycles. The van der Waals surface area contributed by atoms with Gasteiger partial charge in [0.2, 0.25) is 0 Å². The summed E-state index contributed by atoms with van der Waals surface area (Å²) < 4.78 is 45.1. The van der Waals surface area contributed by atoms with Crippen LogP contribution < -0.4 is 5.32 Å². The lowest BCUT2D eigenvalue weighted by Crippen LogP contribution is -2.14. The first-order valence-electron chi connectivity index (χ1n) is 7.81. The molecule has 1 unspecified atom stereocenters. The van der Waals surface area contributed by atoms with E-state index in [9.17, 15) is 13.2 Å². The highest BCUT2D eigenvalue weighted by atomic mass is 19.4. The number of halogens is 3. The van der Waals surface area contributed by atoms with E-state index in [1.54, 1.807) is 18.3 Å². The van der Waals surface area contributed by atoms with Crippen LogP contribution in [0.2, 0.25) is 0 Å². The van der Waals surface area contributed by atoms with Crippen molar-refractivity contribution in [2.24, 2.45) is 0 Å². The van der Waals surface area contributed by atoms with E-state index in [-0.39, 0.29) is 11.9 Å². The zero-order chi connectivity index (χ0) is 17.4. The maximum absolute atomic E-state index is 12.8. The predicted molar refractivity (Wildman–Crippen MR) is 81.8 cm³/mol. The maximum Gasteiger partial charge on any atom is 0.416 e. The molecule has 1 atom stereocenters. The Bertz CT molecular complexity index is 880. The molecule has 1 saturated heterocycles. The molecular weight excluding hydrogens is 335 g/mol. The van der Waals surface area contributed by atoms with Crippen molar-refractivity contribution in [2.75, 3.05) is 6.54 Å². The van der Waals surface area contributed by atoms with Crippen molar-refractivity contribution in [3.63, 3.8) is 0 Å². The summed E-state index contributed by atoms with van der Waals surface area (Å²) in [5.41, 5.74) is -0.0122. The third-order valence-corrected chi connectivity index (χ3v) is 4.06. The first-order chi connectivity index (χ1) is 12.0. The van der Waals surface area contributed by atoms with E-state index in [0.717, 1.165) is 31.5 Å². The van der Waals surface area contributed by atoms with Crippen LogP contribution in [-0.2, 0) is 6.18 Å². The standard InChI is InChI=1S/C16H14F3N5O/c17-16(18,19)10-3-1-4-11(9-10)24-8-6-13(22-24)15-21-14(23-25-15)12-5-2-7-20-12/h1,3-4,6,8-9,12,20H,2,5,7H2. The highest BCUT2D eigenvalue weighted by Gasteiger charge is 2.30. The van der Waals surface area contributed by atoms with E-state index < -0.39 is 11.7 Å². The van der Waals surface area contributed by atoms with Crippen LogP contribution in [0, 0.1) is 0 Å². The Labute approximate surface area is 140 Å². The van der Waals surface area contributed by atoms with Crippen molar-refractivity contribution in [1.82, 2.24) is 25.2 Å². The summed E-state index contributed by atoms with van der Waals surface area (Å²) >= 11 is 0. The zero-order valence-corrected chi connectivity index (χ0v) is 13.0. The molecule has 0 bridgehead atoms. The third-order valence-electron chi connectivity index (χ3n) is 4.06. The first-order valence-corrected chi connectivity index (χ1v) is 7.81. The smallest absolute Gasteiger partial charge is 0.332 e. The molecule has 1 N–H and O–H groups in total. The molecule has 4 rings (SSSR count). The van der Waals surface area contributed by atoms with Gasteiger partial charge in [0.1, 0.15) is 0 Å². The van der Waals surface area contributed by atoms with Crippen molar-refractivity contribution < 1.29 is 17.7 Å². The van der Waals surface area contributed by atoms with E-state index in [0.29, 0.717) is 17.2 Å². The minimum atomic E-state index is -4.40. The van der Waals surface area contributed by atoms with E-state index in [1.165, 1.54) is 10.7 Å². The molecule has 1 aromatic carbocycles. The molecule has 0 amide bonds. The largest absolute Gasteiger partial charge is 0.416 e. The van der Waals surface area contributed by atoms with Gasteiger partial charge in [0, 0.05) is 6.20 Å². The van der Waals surface area contributed by atoms with Gasteiger partial charge in [0.25, 0.3) is 5.89 Å². The number of hydrogen-bond acceptors (Lipinski definition) is 5. The van der Waals surface area contributed by atoms with Gasteiger partial charge < -0.3 is 9.84 Å². The number of rotatable bonds is 3. The number of benzene rings is 1. The second kappa shape index (κ2) is 5.99. The fourth-order valence-corrected chi connectivity index (χ4v) is 2.79. The fraction of sp³-hybridized carbons (Fsp3) is 0.312. The van der Waals surface area contributed by atoms with Crippen LogP contribution in [0.5, 0.6) is 0 Å². The topological polar surface area (TPSA) is 68.8 Å². The molecule has 0 saturated carbocycles. The predicted octanol–water partition coefficient (Wildman–Crippen LogP) is 3.37. The quantitative estimate of drug-likeness (QED) is 0.785. The molecule has 1 fully saturated rings. The van der Waals surface area contributed by atoms with Crippen molar-refractivity contribution in [3.8, 4) is 17.3 Å². The van der Waals surface area contributed by atoms with Gasteiger partial charge in [-0.25, -0.2) is 4.68 Å². The van der Waals surface area contributed by atoms with Crippen molar-refractivity contribution in [3.05, 3.63) is 47.9 Å². The average Bonchev–Trinajstić information content (AvgIpc) is 3.33. The van der Waals surface area contributed by atoms with Gasteiger partial charge in [-0.15, -0.1) is 0 Å². The van der Waals surface area contributed by atoms with Crippen LogP contribution in [0.15, 0.2) is 41.1 Å². The number of nitrogens with zero attached hydrogens (tertiary/aromatic N) is 4. The lowest BCUT2D eigenvalue weighted by atomic mass is 10.2. The number of alkyl halides is 3. The molecule has 0 spiro atoms. The molecule has 9 heteroatoms. The molecule has 1 aliphatic heterocycles. The van der Waals surface area contributed by atoms with Crippen LogP contribution >= 0.6 is 0 Å². The second-order valence-corrected chi connectivity index (χ2v) is 5.80. The monoisotopic (exact) mass is 349 g/mol. The summed E-state index contributed by atoms with van der Waals surface area (Å²) in [4.78, 5) is 4.33. The zero-order valence-electron chi connectivity index (χ0n) is 13.0. The summed E-state index contributed by atoms with van der Waals surface area (Å²) in [6, 6.07) is 6.65. The Morgan fingerprint density at radius 1 is 1.24 bits per heavy atom. The van der Waals surface area contributed by atoms with Crippen LogP contribution in [0.1, 0.15) is 30.3 Å². The molecule has 3 heterocycles. The lowest BCUT2D eigenvalue weighted by molar-refractivity contribution is -0.137. The summed E-state index contributed by atoms with van der Waals surface area (Å²) in [6.45, 7) is 0.915. The van der Waals surface area contributed by atoms with Crippen molar-refractivity contribution in [2.45, 2.75) is 25.1 Å². The minimum absolute atomic E-state index is 0.0723. The molecule has 3 aromatic rings. The van der Waals surface area contributed by atoms with Crippen LogP contribution in [0.25, 0.3) is 17.3 Å². The number of nitrogens with one attached hydrogen (secondary N) is 1. The van der Waals surface area contributed by atoms with Gasteiger partial charge >= 0.3 is 6.18 Å². The average molecular weight is 349 g/mol. The Hall–Kier alpha value is -2.68. The molecule has 130 valence electrons. The van der Waals surface area contributed by atoms with Crippen molar-refractivity contribution in [1.29, 1.82) is 0 Å². The van der Waals surface area contributed by atoms with E-state index in [1.807, 2.05) is 0 Å². The van der Waals surface area contributed by atoms with Crippen LogP contribution in [-0.4, -0.2) is 26.5 Å². The highest BCUT2D eigenvalue weighted by Crippen LogP contribution is 2.30. The Kier molecular flexibility index (Phi) is 3.79. The number of hydrogen-bond donors (Lipinski definition) is 1. The molecule has 0 aliphatic carbocycles. The molecule has 1 aliphatic rings. The molecule has 6 nitrogen and oxygen atoms in total. The number of aromatic nitrogens is 4. The van der Waals surface area contributed by atoms with Gasteiger partial charge in [0.15, 0.2) is 11.5 Å². The Balaban J connectivity index is 1.60. The summed E-state index contributed by atoms with van der Waals surface area (Å²) in [5.74, 6) is 0.815. The van der Waals surface area contributed by atoms with Crippen LogP contribution in [0.3, 0.4) is 0 Å². The normalized spacial score (nSPS) is 18.0. The Morgan fingerprint density at radius 3 is 2.88 bits per heavy atom. The van der Waals surface area contributed by atoms with Gasteiger partial charge in [-0.05, 0) is 43.7 Å². The van der Waals surface area contributed by atoms with Gasteiger partial charge in [-0.2, -0.15) is 23.3 Å². The third kappa shape index (κ3) is 3.14. The second-order valence-electron chi connectivity index (χ2n) is 5.80. The first kappa shape index (κ1) is 15.8.